The molecule has 1 saturated carbocycles. The Bertz CT molecular complexity index is 371. The molecule has 1 aliphatic carbocycles. The average Bonchev–Trinajstić information content (AvgIpc) is 2.97. The van der Waals surface area contributed by atoms with E-state index in [-0.39, 0.29) is 11.6 Å². The summed E-state index contributed by atoms with van der Waals surface area (Å²) in [4.78, 5) is 4.38. The third-order valence-corrected chi connectivity index (χ3v) is 4.03. The van der Waals surface area contributed by atoms with Crippen LogP contribution in [0.15, 0.2) is 12.4 Å². The summed E-state index contributed by atoms with van der Waals surface area (Å²) < 4.78 is 8.09. The molecule has 5 nitrogen and oxygen atoms in total. The van der Waals surface area contributed by atoms with Crippen LogP contribution in [-0.4, -0.2) is 27.8 Å². The molecule has 1 atom stereocenters. The van der Waals surface area contributed by atoms with Gasteiger partial charge in [-0.1, -0.05) is 12.8 Å². The highest BCUT2D eigenvalue weighted by Gasteiger charge is 2.42. The van der Waals surface area contributed by atoms with Gasteiger partial charge in [0.2, 0.25) is 0 Å². The van der Waals surface area contributed by atoms with Crippen LogP contribution >= 0.6 is 0 Å². The van der Waals surface area contributed by atoms with Crippen LogP contribution in [0.5, 0.6) is 0 Å². The molecule has 1 aliphatic rings. The zero-order valence-corrected chi connectivity index (χ0v) is 11.4. The number of aryl methyl sites for hydroxylation is 1. The average molecular weight is 252 g/mol. The van der Waals surface area contributed by atoms with Crippen molar-refractivity contribution in [2.45, 2.75) is 50.7 Å². The summed E-state index contributed by atoms with van der Waals surface area (Å²) in [6.07, 6.45) is 9.20. The zero-order valence-electron chi connectivity index (χ0n) is 11.4. The van der Waals surface area contributed by atoms with Gasteiger partial charge in [-0.25, -0.2) is 4.98 Å². The van der Waals surface area contributed by atoms with Crippen molar-refractivity contribution in [2.24, 2.45) is 12.9 Å². The molecule has 1 unspecified atom stereocenters. The molecule has 0 spiro atoms. The van der Waals surface area contributed by atoms with Crippen LogP contribution in [0.4, 0.5) is 0 Å². The topological polar surface area (TPSA) is 65.1 Å². The van der Waals surface area contributed by atoms with E-state index in [0.29, 0.717) is 0 Å². The van der Waals surface area contributed by atoms with Gasteiger partial charge in [0.1, 0.15) is 5.82 Å². The summed E-state index contributed by atoms with van der Waals surface area (Å²) in [5.41, 5.74) is 2.84. The van der Waals surface area contributed by atoms with Gasteiger partial charge in [-0.3, -0.25) is 11.3 Å². The van der Waals surface area contributed by atoms with Crippen LogP contribution in [0, 0.1) is 0 Å². The van der Waals surface area contributed by atoms with E-state index >= 15 is 0 Å². The second kappa shape index (κ2) is 5.82. The molecule has 0 radical (unpaired) electrons. The van der Waals surface area contributed by atoms with Crippen molar-refractivity contribution in [2.75, 3.05) is 6.61 Å². The van der Waals surface area contributed by atoms with E-state index in [1.54, 1.807) is 0 Å². The normalized spacial score (nSPS) is 20.2. The summed E-state index contributed by atoms with van der Waals surface area (Å²) in [7, 11) is 2.01. The van der Waals surface area contributed by atoms with Crippen molar-refractivity contribution in [1.82, 2.24) is 15.0 Å². The SMILES string of the molecule is CCOC1(C(Cc2nccn2C)NN)CCCC1. The Hall–Kier alpha value is -0.910. The Balaban J connectivity index is 2.13. The number of nitrogens with one attached hydrogen (secondary N) is 1. The number of rotatable bonds is 6. The number of nitrogens with zero attached hydrogens (tertiary/aromatic N) is 2. The number of hydrazine groups is 1. The fourth-order valence-corrected chi connectivity index (χ4v) is 3.03. The molecular formula is C13H24N4O. The third-order valence-electron chi connectivity index (χ3n) is 4.03. The molecule has 0 aliphatic heterocycles. The van der Waals surface area contributed by atoms with Gasteiger partial charge in [0.05, 0.1) is 11.6 Å². The minimum atomic E-state index is -0.116. The van der Waals surface area contributed by atoms with E-state index < -0.39 is 0 Å². The lowest BCUT2D eigenvalue weighted by molar-refractivity contribution is -0.0618. The predicted molar refractivity (Wildman–Crippen MR) is 70.8 cm³/mol. The molecule has 0 aromatic carbocycles. The van der Waals surface area contributed by atoms with Crippen LogP contribution in [-0.2, 0) is 18.2 Å². The fourth-order valence-electron chi connectivity index (χ4n) is 3.03. The van der Waals surface area contributed by atoms with E-state index in [1.807, 2.05) is 24.0 Å². The first kappa shape index (κ1) is 13.5. The van der Waals surface area contributed by atoms with Gasteiger partial charge >= 0.3 is 0 Å². The number of ether oxygens (including phenoxy) is 1. The zero-order chi connectivity index (χ0) is 13.0. The van der Waals surface area contributed by atoms with Crippen molar-refractivity contribution >= 4 is 0 Å². The van der Waals surface area contributed by atoms with Crippen LogP contribution < -0.4 is 11.3 Å². The van der Waals surface area contributed by atoms with E-state index in [0.717, 1.165) is 31.7 Å². The van der Waals surface area contributed by atoms with Gasteiger partial charge in [0.15, 0.2) is 0 Å². The maximum Gasteiger partial charge on any atom is 0.110 e. The quantitative estimate of drug-likeness (QED) is 0.589. The minimum absolute atomic E-state index is 0.116. The van der Waals surface area contributed by atoms with Crippen molar-refractivity contribution < 1.29 is 4.74 Å². The lowest BCUT2D eigenvalue weighted by atomic mass is 9.89. The van der Waals surface area contributed by atoms with Gasteiger partial charge < -0.3 is 9.30 Å². The summed E-state index contributed by atoms with van der Waals surface area (Å²) in [6, 6.07) is 0.126. The third kappa shape index (κ3) is 2.58. The largest absolute Gasteiger partial charge is 0.374 e. The van der Waals surface area contributed by atoms with Gasteiger partial charge in [-0.05, 0) is 19.8 Å². The standard InChI is InChI=1S/C13H24N4O/c1-3-18-13(6-4-5-7-13)11(16-14)10-12-15-8-9-17(12)2/h8-9,11,16H,3-7,10,14H2,1-2H3. The molecule has 0 bridgehead atoms. The molecule has 1 fully saturated rings. The second-order valence-electron chi connectivity index (χ2n) is 5.08. The van der Waals surface area contributed by atoms with E-state index in [9.17, 15) is 0 Å². The van der Waals surface area contributed by atoms with Crippen LogP contribution in [0.25, 0.3) is 0 Å². The molecule has 1 heterocycles. The van der Waals surface area contributed by atoms with E-state index in [4.69, 9.17) is 10.6 Å². The molecule has 1 aromatic heterocycles. The van der Waals surface area contributed by atoms with Gasteiger partial charge in [-0.2, -0.15) is 0 Å². The van der Waals surface area contributed by atoms with E-state index in [2.05, 4.69) is 17.3 Å². The van der Waals surface area contributed by atoms with Gasteiger partial charge in [-0.15, -0.1) is 0 Å². The Morgan fingerprint density at radius 2 is 2.28 bits per heavy atom. The van der Waals surface area contributed by atoms with Crippen molar-refractivity contribution in [3.8, 4) is 0 Å². The Labute approximate surface area is 109 Å². The highest BCUT2D eigenvalue weighted by molar-refractivity contribution is 5.03. The van der Waals surface area contributed by atoms with Gasteiger partial charge in [0.25, 0.3) is 0 Å². The second-order valence-corrected chi connectivity index (χ2v) is 5.08. The molecule has 102 valence electrons. The van der Waals surface area contributed by atoms with Crippen molar-refractivity contribution in [1.29, 1.82) is 0 Å². The Morgan fingerprint density at radius 3 is 2.78 bits per heavy atom. The Kier molecular flexibility index (Phi) is 4.37. The van der Waals surface area contributed by atoms with Crippen molar-refractivity contribution in [3.63, 3.8) is 0 Å². The molecule has 0 amide bonds. The first-order chi connectivity index (χ1) is 8.72. The summed E-state index contributed by atoms with van der Waals surface area (Å²) in [5.74, 6) is 6.81. The number of imidazole rings is 1. The van der Waals surface area contributed by atoms with Crippen LogP contribution in [0.1, 0.15) is 38.4 Å². The smallest absolute Gasteiger partial charge is 0.110 e. The number of hydrogen-bond donors (Lipinski definition) is 2. The monoisotopic (exact) mass is 252 g/mol. The predicted octanol–water partition coefficient (Wildman–Crippen LogP) is 1.14. The molecule has 2 rings (SSSR count). The molecule has 3 N–H and O–H groups in total. The van der Waals surface area contributed by atoms with Gasteiger partial charge in [0, 0.05) is 32.5 Å². The number of hydrogen-bond acceptors (Lipinski definition) is 4. The highest BCUT2D eigenvalue weighted by Crippen LogP contribution is 2.37. The maximum absolute atomic E-state index is 6.05. The molecule has 1 aromatic rings. The highest BCUT2D eigenvalue weighted by atomic mass is 16.5. The lowest BCUT2D eigenvalue weighted by Gasteiger charge is -2.36. The lowest BCUT2D eigenvalue weighted by Crippen LogP contribution is -2.55. The molecule has 5 heteroatoms. The summed E-state index contributed by atoms with van der Waals surface area (Å²) in [6.45, 7) is 2.78. The first-order valence-electron chi connectivity index (χ1n) is 6.78. The number of nitrogens with two attached hydrogens (primary N) is 1. The van der Waals surface area contributed by atoms with Crippen molar-refractivity contribution in [3.05, 3.63) is 18.2 Å². The maximum atomic E-state index is 6.05. The Morgan fingerprint density at radius 1 is 1.56 bits per heavy atom. The summed E-state index contributed by atoms with van der Waals surface area (Å²) in [5, 5.41) is 0. The summed E-state index contributed by atoms with van der Waals surface area (Å²) >= 11 is 0. The van der Waals surface area contributed by atoms with Crippen LogP contribution in [0.2, 0.25) is 0 Å². The molecule has 0 saturated heterocycles. The molecular weight excluding hydrogens is 228 g/mol. The molecule has 18 heavy (non-hydrogen) atoms. The van der Waals surface area contributed by atoms with Crippen LogP contribution in [0.3, 0.4) is 0 Å². The fraction of sp³-hybridized carbons (Fsp3) is 0.769. The first-order valence-corrected chi connectivity index (χ1v) is 6.78. The van der Waals surface area contributed by atoms with E-state index in [1.165, 1.54) is 12.8 Å². The number of aromatic nitrogens is 2. The minimum Gasteiger partial charge on any atom is -0.374 e.